The zero-order valence-corrected chi connectivity index (χ0v) is 7.68. The third kappa shape index (κ3) is 1.32. The van der Waals surface area contributed by atoms with Gasteiger partial charge in [-0.2, -0.15) is 0 Å². The number of likely N-dealkylation sites (N-methyl/N-ethyl adjacent to an activating group) is 1. The summed E-state index contributed by atoms with van der Waals surface area (Å²) in [6.45, 7) is 5.20. The molecule has 0 aromatic heterocycles. The maximum absolute atomic E-state index is 11.5. The van der Waals surface area contributed by atoms with Gasteiger partial charge in [-0.15, -0.1) is 0 Å². The van der Waals surface area contributed by atoms with Crippen LogP contribution in [0.5, 0.6) is 0 Å². The summed E-state index contributed by atoms with van der Waals surface area (Å²) in [4.78, 5) is 13.7. The molecule has 0 aromatic rings. The van der Waals surface area contributed by atoms with Crippen LogP contribution in [0.25, 0.3) is 0 Å². The molecule has 0 aromatic carbocycles. The molecule has 2 heteroatoms. The molecule has 64 valence electrons. The Bertz CT molecular complexity index is 167. The molecule has 1 rings (SSSR count). The number of ketones is 1. The molecule has 1 atom stereocenters. The fourth-order valence-electron chi connectivity index (χ4n) is 1.67. The van der Waals surface area contributed by atoms with E-state index in [0.717, 1.165) is 25.8 Å². The lowest BCUT2D eigenvalue weighted by molar-refractivity contribution is -0.133. The molecule has 0 spiro atoms. The summed E-state index contributed by atoms with van der Waals surface area (Å²) >= 11 is 0. The van der Waals surface area contributed by atoms with E-state index in [4.69, 9.17) is 0 Å². The van der Waals surface area contributed by atoms with Crippen LogP contribution in [0.4, 0.5) is 0 Å². The van der Waals surface area contributed by atoms with E-state index in [1.165, 1.54) is 0 Å². The summed E-state index contributed by atoms with van der Waals surface area (Å²) in [5.74, 6) is 0.411. The van der Waals surface area contributed by atoms with Crippen molar-refractivity contribution < 1.29 is 4.79 Å². The van der Waals surface area contributed by atoms with Crippen LogP contribution in [0.15, 0.2) is 0 Å². The fraction of sp³-hybridized carbons (Fsp3) is 0.889. The van der Waals surface area contributed by atoms with E-state index < -0.39 is 0 Å². The third-order valence-electron chi connectivity index (χ3n) is 3.03. The summed E-state index contributed by atoms with van der Waals surface area (Å²) < 4.78 is 0. The van der Waals surface area contributed by atoms with Crippen molar-refractivity contribution >= 4 is 5.78 Å². The minimum atomic E-state index is -0.168. The van der Waals surface area contributed by atoms with E-state index in [1.807, 2.05) is 7.05 Å². The molecular formula is C9H17NO. The van der Waals surface area contributed by atoms with Crippen molar-refractivity contribution in [2.75, 3.05) is 13.6 Å². The van der Waals surface area contributed by atoms with Gasteiger partial charge in [-0.1, -0.05) is 6.92 Å². The summed E-state index contributed by atoms with van der Waals surface area (Å²) in [6, 6.07) is 0. The molecule has 1 aliphatic rings. The van der Waals surface area contributed by atoms with E-state index in [1.54, 1.807) is 0 Å². The van der Waals surface area contributed by atoms with Crippen molar-refractivity contribution in [2.45, 2.75) is 38.6 Å². The van der Waals surface area contributed by atoms with Gasteiger partial charge < -0.3 is 0 Å². The van der Waals surface area contributed by atoms with Crippen molar-refractivity contribution in [1.82, 2.24) is 4.90 Å². The van der Waals surface area contributed by atoms with Gasteiger partial charge in [0.2, 0.25) is 0 Å². The maximum Gasteiger partial charge on any atom is 0.152 e. The molecule has 0 radical (unpaired) electrons. The highest BCUT2D eigenvalue weighted by molar-refractivity contribution is 5.88. The Morgan fingerprint density at radius 3 is 2.64 bits per heavy atom. The second kappa shape index (κ2) is 2.94. The van der Waals surface area contributed by atoms with Crippen LogP contribution in [0.2, 0.25) is 0 Å². The number of piperidine rings is 1. The molecule has 0 aliphatic carbocycles. The Morgan fingerprint density at radius 1 is 1.64 bits per heavy atom. The Hall–Kier alpha value is -0.370. The SMILES string of the molecule is CCC1(C)C(=O)CCCN1C. The van der Waals surface area contributed by atoms with Crippen molar-refractivity contribution in [1.29, 1.82) is 0 Å². The van der Waals surface area contributed by atoms with Crippen LogP contribution in [0, 0.1) is 0 Å². The highest BCUT2D eigenvalue weighted by atomic mass is 16.1. The zero-order chi connectivity index (χ0) is 8.48. The van der Waals surface area contributed by atoms with Crippen LogP contribution in [-0.4, -0.2) is 29.8 Å². The average molecular weight is 155 g/mol. The summed E-state index contributed by atoms with van der Waals surface area (Å²) in [5, 5.41) is 0. The summed E-state index contributed by atoms with van der Waals surface area (Å²) in [5.41, 5.74) is -0.168. The van der Waals surface area contributed by atoms with Gasteiger partial charge in [0, 0.05) is 6.42 Å². The first-order valence-electron chi connectivity index (χ1n) is 4.36. The quantitative estimate of drug-likeness (QED) is 0.571. The van der Waals surface area contributed by atoms with E-state index in [-0.39, 0.29) is 5.54 Å². The van der Waals surface area contributed by atoms with Gasteiger partial charge in [0.05, 0.1) is 5.54 Å². The second-order valence-corrected chi connectivity index (χ2v) is 3.58. The molecular weight excluding hydrogens is 138 g/mol. The number of hydrogen-bond donors (Lipinski definition) is 0. The number of nitrogens with zero attached hydrogens (tertiary/aromatic N) is 1. The molecule has 2 nitrogen and oxygen atoms in total. The van der Waals surface area contributed by atoms with Gasteiger partial charge in [0.15, 0.2) is 5.78 Å². The minimum absolute atomic E-state index is 0.168. The van der Waals surface area contributed by atoms with Gasteiger partial charge in [-0.05, 0) is 33.4 Å². The highest BCUT2D eigenvalue weighted by Crippen LogP contribution is 2.25. The van der Waals surface area contributed by atoms with Crippen LogP contribution in [-0.2, 0) is 4.79 Å². The zero-order valence-electron chi connectivity index (χ0n) is 7.68. The van der Waals surface area contributed by atoms with E-state index in [2.05, 4.69) is 18.7 Å². The molecule has 1 heterocycles. The van der Waals surface area contributed by atoms with Gasteiger partial charge in [0.25, 0.3) is 0 Å². The topological polar surface area (TPSA) is 20.3 Å². The van der Waals surface area contributed by atoms with E-state index in [0.29, 0.717) is 5.78 Å². The third-order valence-corrected chi connectivity index (χ3v) is 3.03. The first-order chi connectivity index (χ1) is 5.11. The standard InChI is InChI=1S/C9H17NO/c1-4-9(2)8(11)6-5-7-10(9)3/h4-7H2,1-3H3. The highest BCUT2D eigenvalue weighted by Gasteiger charge is 2.37. The number of Topliss-reactive ketones (excluding diaryl/α,β-unsaturated/α-hetero) is 1. The number of rotatable bonds is 1. The van der Waals surface area contributed by atoms with Crippen LogP contribution in [0.3, 0.4) is 0 Å². The maximum atomic E-state index is 11.5. The molecule has 0 N–H and O–H groups in total. The molecule has 1 aliphatic heterocycles. The molecule has 0 saturated carbocycles. The van der Waals surface area contributed by atoms with Crippen molar-refractivity contribution in [2.24, 2.45) is 0 Å². The van der Waals surface area contributed by atoms with Crippen LogP contribution < -0.4 is 0 Å². The number of carbonyl (C=O) groups is 1. The number of likely N-dealkylation sites (tertiary alicyclic amines) is 1. The second-order valence-electron chi connectivity index (χ2n) is 3.58. The van der Waals surface area contributed by atoms with Gasteiger partial charge in [0.1, 0.15) is 0 Å². The van der Waals surface area contributed by atoms with Crippen molar-refractivity contribution in [3.05, 3.63) is 0 Å². The summed E-state index contributed by atoms with van der Waals surface area (Å²) in [6.07, 6.45) is 2.74. The first kappa shape index (κ1) is 8.72. The van der Waals surface area contributed by atoms with Gasteiger partial charge in [-0.25, -0.2) is 0 Å². The largest absolute Gasteiger partial charge is 0.298 e. The van der Waals surface area contributed by atoms with E-state index >= 15 is 0 Å². The molecule has 1 fully saturated rings. The average Bonchev–Trinajstić information content (AvgIpc) is 2.00. The lowest BCUT2D eigenvalue weighted by Gasteiger charge is -2.40. The molecule has 11 heavy (non-hydrogen) atoms. The van der Waals surface area contributed by atoms with Crippen LogP contribution >= 0.6 is 0 Å². The Morgan fingerprint density at radius 2 is 2.27 bits per heavy atom. The van der Waals surface area contributed by atoms with Gasteiger partial charge >= 0.3 is 0 Å². The van der Waals surface area contributed by atoms with Crippen molar-refractivity contribution in [3.8, 4) is 0 Å². The monoisotopic (exact) mass is 155 g/mol. The lowest BCUT2D eigenvalue weighted by atomic mass is 9.85. The van der Waals surface area contributed by atoms with Crippen LogP contribution in [0.1, 0.15) is 33.1 Å². The van der Waals surface area contributed by atoms with Gasteiger partial charge in [-0.3, -0.25) is 9.69 Å². The van der Waals surface area contributed by atoms with E-state index in [9.17, 15) is 4.79 Å². The van der Waals surface area contributed by atoms with Crippen molar-refractivity contribution in [3.63, 3.8) is 0 Å². The first-order valence-corrected chi connectivity index (χ1v) is 4.36. The minimum Gasteiger partial charge on any atom is -0.298 e. The molecule has 1 saturated heterocycles. The molecule has 0 amide bonds. The molecule has 1 unspecified atom stereocenters. The Labute approximate surface area is 68.6 Å². The normalized spacial score (nSPS) is 34.3. The summed E-state index contributed by atoms with van der Waals surface area (Å²) in [7, 11) is 2.04. The fourth-order valence-corrected chi connectivity index (χ4v) is 1.67. The number of hydrogen-bond acceptors (Lipinski definition) is 2. The predicted octanol–water partition coefficient (Wildman–Crippen LogP) is 1.45. The predicted molar refractivity (Wildman–Crippen MR) is 45.6 cm³/mol. The number of carbonyl (C=O) groups excluding carboxylic acids is 1. The Balaban J connectivity index is 2.77. The lowest BCUT2D eigenvalue weighted by Crippen LogP contribution is -2.53. The Kier molecular flexibility index (Phi) is 2.33. The smallest absolute Gasteiger partial charge is 0.152 e. The molecule has 0 bridgehead atoms.